The summed E-state index contributed by atoms with van der Waals surface area (Å²) in [4.78, 5) is 0.104. The van der Waals surface area contributed by atoms with Crippen molar-refractivity contribution < 1.29 is 17.2 Å². The Morgan fingerprint density at radius 3 is 2.39 bits per heavy atom. The standard InChI is InChI=1S/C20H20FN3O3S/c1-14-4-2-3-5-18(14)20-23-22-19(27-20)15-10-12-24(13-11-15)28(25,26)17-8-6-16(21)7-9-17/h2-9,15H,10-13H2,1H3. The fourth-order valence-electron chi connectivity index (χ4n) is 3.42. The van der Waals surface area contributed by atoms with Crippen LogP contribution in [-0.4, -0.2) is 36.0 Å². The summed E-state index contributed by atoms with van der Waals surface area (Å²) in [5.41, 5.74) is 1.95. The molecule has 0 bridgehead atoms. The lowest BCUT2D eigenvalue weighted by Crippen LogP contribution is -2.37. The van der Waals surface area contributed by atoms with Gasteiger partial charge in [-0.25, -0.2) is 12.8 Å². The van der Waals surface area contributed by atoms with Crippen molar-refractivity contribution in [1.29, 1.82) is 0 Å². The molecule has 0 atom stereocenters. The van der Waals surface area contributed by atoms with Crippen LogP contribution in [-0.2, 0) is 10.0 Å². The van der Waals surface area contributed by atoms with E-state index in [-0.39, 0.29) is 10.8 Å². The van der Waals surface area contributed by atoms with E-state index in [9.17, 15) is 12.8 Å². The summed E-state index contributed by atoms with van der Waals surface area (Å²) >= 11 is 0. The monoisotopic (exact) mass is 401 g/mol. The van der Waals surface area contributed by atoms with Gasteiger partial charge in [-0.1, -0.05) is 18.2 Å². The topological polar surface area (TPSA) is 76.3 Å². The molecule has 1 fully saturated rings. The molecule has 0 spiro atoms. The Morgan fingerprint density at radius 1 is 1.04 bits per heavy atom. The zero-order chi connectivity index (χ0) is 19.7. The predicted octanol–water partition coefficient (Wildman–Crippen LogP) is 3.75. The average molecular weight is 401 g/mol. The van der Waals surface area contributed by atoms with Gasteiger partial charge in [-0.3, -0.25) is 0 Å². The molecule has 0 radical (unpaired) electrons. The molecule has 1 aromatic heterocycles. The molecule has 3 aromatic rings. The normalized spacial score (nSPS) is 16.4. The molecule has 1 saturated heterocycles. The van der Waals surface area contributed by atoms with Gasteiger partial charge in [0.2, 0.25) is 21.8 Å². The molecule has 1 aliphatic rings. The molecule has 1 aliphatic heterocycles. The van der Waals surface area contributed by atoms with Crippen molar-refractivity contribution in [3.63, 3.8) is 0 Å². The number of hydrogen-bond donors (Lipinski definition) is 0. The van der Waals surface area contributed by atoms with Gasteiger partial charge in [-0.2, -0.15) is 4.31 Å². The summed E-state index contributed by atoms with van der Waals surface area (Å²) in [6.07, 6.45) is 1.19. The molecule has 0 aliphatic carbocycles. The first kappa shape index (κ1) is 18.8. The van der Waals surface area contributed by atoms with Crippen molar-refractivity contribution in [2.45, 2.75) is 30.6 Å². The third kappa shape index (κ3) is 3.57. The maximum atomic E-state index is 13.1. The van der Waals surface area contributed by atoms with Crippen LogP contribution in [0, 0.1) is 12.7 Å². The summed E-state index contributed by atoms with van der Waals surface area (Å²) in [6, 6.07) is 12.7. The maximum absolute atomic E-state index is 13.1. The quantitative estimate of drug-likeness (QED) is 0.665. The van der Waals surface area contributed by atoms with Gasteiger partial charge in [0.05, 0.1) is 4.90 Å². The van der Waals surface area contributed by atoms with Gasteiger partial charge in [0, 0.05) is 24.6 Å². The lowest BCUT2D eigenvalue weighted by atomic mass is 9.98. The number of aromatic nitrogens is 2. The van der Waals surface area contributed by atoms with Gasteiger partial charge >= 0.3 is 0 Å². The van der Waals surface area contributed by atoms with Crippen LogP contribution in [0.4, 0.5) is 4.39 Å². The molecule has 0 saturated carbocycles. The largest absolute Gasteiger partial charge is 0.420 e. The number of sulfonamides is 1. The first-order valence-corrected chi connectivity index (χ1v) is 10.5. The first-order valence-electron chi connectivity index (χ1n) is 9.10. The Balaban J connectivity index is 1.46. The van der Waals surface area contributed by atoms with Crippen molar-refractivity contribution in [3.05, 3.63) is 65.8 Å². The number of rotatable bonds is 4. The predicted molar refractivity (Wildman–Crippen MR) is 102 cm³/mol. The lowest BCUT2D eigenvalue weighted by Gasteiger charge is -2.29. The van der Waals surface area contributed by atoms with E-state index in [1.807, 2.05) is 31.2 Å². The zero-order valence-electron chi connectivity index (χ0n) is 15.4. The molecule has 28 heavy (non-hydrogen) atoms. The van der Waals surface area contributed by atoms with Crippen LogP contribution in [0.2, 0.25) is 0 Å². The van der Waals surface area contributed by atoms with Crippen molar-refractivity contribution >= 4 is 10.0 Å². The summed E-state index contributed by atoms with van der Waals surface area (Å²) < 4.78 is 45.8. The lowest BCUT2D eigenvalue weighted by molar-refractivity contribution is 0.291. The second kappa shape index (κ2) is 7.44. The van der Waals surface area contributed by atoms with E-state index < -0.39 is 15.8 Å². The SMILES string of the molecule is Cc1ccccc1-c1nnc(C2CCN(S(=O)(=O)c3ccc(F)cc3)CC2)o1. The van der Waals surface area contributed by atoms with Crippen molar-refractivity contribution in [2.24, 2.45) is 0 Å². The van der Waals surface area contributed by atoms with Crippen molar-refractivity contribution in [2.75, 3.05) is 13.1 Å². The van der Waals surface area contributed by atoms with Crippen LogP contribution in [0.25, 0.3) is 11.5 Å². The highest BCUT2D eigenvalue weighted by atomic mass is 32.2. The van der Waals surface area contributed by atoms with E-state index in [0.717, 1.165) is 23.3 Å². The fourth-order valence-corrected chi connectivity index (χ4v) is 4.89. The van der Waals surface area contributed by atoms with Gasteiger partial charge in [0.1, 0.15) is 5.82 Å². The van der Waals surface area contributed by atoms with E-state index in [0.29, 0.717) is 37.7 Å². The van der Waals surface area contributed by atoms with E-state index in [1.165, 1.54) is 16.4 Å². The first-order chi connectivity index (χ1) is 13.4. The van der Waals surface area contributed by atoms with Gasteiger partial charge in [-0.05, 0) is 55.7 Å². The second-order valence-electron chi connectivity index (χ2n) is 6.89. The molecular formula is C20H20FN3O3S. The molecule has 2 heterocycles. The number of piperidine rings is 1. The van der Waals surface area contributed by atoms with E-state index in [2.05, 4.69) is 10.2 Å². The summed E-state index contributed by atoms with van der Waals surface area (Å²) in [5.74, 6) is 0.579. The van der Waals surface area contributed by atoms with Crippen LogP contribution in [0.3, 0.4) is 0 Å². The zero-order valence-corrected chi connectivity index (χ0v) is 16.2. The number of benzene rings is 2. The Morgan fingerprint density at radius 2 is 1.71 bits per heavy atom. The van der Waals surface area contributed by atoms with Crippen LogP contribution in [0.1, 0.15) is 30.2 Å². The Kier molecular flexibility index (Phi) is 4.99. The van der Waals surface area contributed by atoms with Crippen LogP contribution >= 0.6 is 0 Å². The molecule has 2 aromatic carbocycles. The Hall–Kier alpha value is -2.58. The number of hydrogen-bond acceptors (Lipinski definition) is 5. The minimum Gasteiger partial charge on any atom is -0.420 e. The highest BCUT2D eigenvalue weighted by Gasteiger charge is 2.32. The number of nitrogens with zero attached hydrogens (tertiary/aromatic N) is 3. The Bertz CT molecular complexity index is 1070. The molecule has 0 N–H and O–H groups in total. The van der Waals surface area contributed by atoms with Gasteiger partial charge in [0.25, 0.3) is 0 Å². The molecule has 0 unspecified atom stereocenters. The van der Waals surface area contributed by atoms with Crippen LogP contribution < -0.4 is 0 Å². The van der Waals surface area contributed by atoms with Crippen molar-refractivity contribution in [3.8, 4) is 11.5 Å². The van der Waals surface area contributed by atoms with Gasteiger partial charge in [-0.15, -0.1) is 10.2 Å². The highest BCUT2D eigenvalue weighted by Crippen LogP contribution is 2.32. The third-order valence-corrected chi connectivity index (χ3v) is 6.98. The van der Waals surface area contributed by atoms with E-state index >= 15 is 0 Å². The fraction of sp³-hybridized carbons (Fsp3) is 0.300. The minimum absolute atomic E-state index is 0.0185. The smallest absolute Gasteiger partial charge is 0.248 e. The van der Waals surface area contributed by atoms with Gasteiger partial charge in [0.15, 0.2) is 0 Å². The number of halogens is 1. The summed E-state index contributed by atoms with van der Waals surface area (Å²) in [7, 11) is -3.63. The minimum atomic E-state index is -3.63. The molecule has 6 nitrogen and oxygen atoms in total. The summed E-state index contributed by atoms with van der Waals surface area (Å²) in [6.45, 7) is 2.69. The second-order valence-corrected chi connectivity index (χ2v) is 8.83. The molecule has 4 rings (SSSR count). The molecule has 146 valence electrons. The highest BCUT2D eigenvalue weighted by molar-refractivity contribution is 7.89. The van der Waals surface area contributed by atoms with E-state index in [1.54, 1.807) is 0 Å². The average Bonchev–Trinajstić information content (AvgIpc) is 3.19. The maximum Gasteiger partial charge on any atom is 0.248 e. The van der Waals surface area contributed by atoms with Gasteiger partial charge < -0.3 is 4.42 Å². The summed E-state index contributed by atoms with van der Waals surface area (Å²) in [5, 5.41) is 8.35. The third-order valence-electron chi connectivity index (χ3n) is 5.07. The molecular weight excluding hydrogens is 381 g/mol. The molecule has 8 heteroatoms. The van der Waals surface area contributed by atoms with Crippen LogP contribution in [0.5, 0.6) is 0 Å². The van der Waals surface area contributed by atoms with Crippen LogP contribution in [0.15, 0.2) is 57.8 Å². The van der Waals surface area contributed by atoms with Crippen molar-refractivity contribution in [1.82, 2.24) is 14.5 Å². The van der Waals surface area contributed by atoms with E-state index in [4.69, 9.17) is 4.42 Å². The number of aryl methyl sites for hydroxylation is 1. The molecule has 0 amide bonds. The Labute approximate surface area is 163 Å².